The zero-order valence-electron chi connectivity index (χ0n) is 21.5. The number of piperazine rings is 1. The van der Waals surface area contributed by atoms with Crippen molar-refractivity contribution in [2.24, 2.45) is 0 Å². The summed E-state index contributed by atoms with van der Waals surface area (Å²) < 4.78 is 0. The molecule has 0 spiro atoms. The summed E-state index contributed by atoms with van der Waals surface area (Å²) in [5, 5.41) is 13.9. The predicted octanol–water partition coefficient (Wildman–Crippen LogP) is 4.53. The molecule has 3 heterocycles. The first-order valence-electron chi connectivity index (χ1n) is 12.4. The lowest BCUT2D eigenvalue weighted by atomic mass is 9.98. The highest BCUT2D eigenvalue weighted by molar-refractivity contribution is 6.35. The summed E-state index contributed by atoms with van der Waals surface area (Å²) in [5.41, 5.74) is 6.62. The maximum absolute atomic E-state index is 12.8. The molecule has 0 bridgehead atoms. The molecule has 2 aliphatic heterocycles. The Labute approximate surface area is 236 Å². The number of benzene rings is 2. The van der Waals surface area contributed by atoms with Gasteiger partial charge in [-0.2, -0.15) is 0 Å². The summed E-state index contributed by atoms with van der Waals surface area (Å²) in [6.07, 6.45) is 0. The van der Waals surface area contributed by atoms with Gasteiger partial charge in [0.15, 0.2) is 0 Å². The Morgan fingerprint density at radius 1 is 1.08 bits per heavy atom. The van der Waals surface area contributed by atoms with Gasteiger partial charge < -0.3 is 20.3 Å². The van der Waals surface area contributed by atoms with Crippen molar-refractivity contribution in [3.8, 4) is 11.3 Å². The lowest BCUT2D eigenvalue weighted by Gasteiger charge is -2.34. The topological polar surface area (TPSA) is 74.8 Å². The number of carbonyl (C=O) groups excluding carboxylic acids is 1. The Balaban J connectivity index is 0.00000190. The number of β-amino-alcohol motifs (C(OH)–C–C–N with tert-alkyl or cyclic N) is 1. The largest absolute Gasteiger partial charge is 0.395 e. The van der Waals surface area contributed by atoms with Crippen molar-refractivity contribution in [2.75, 3.05) is 51.3 Å². The van der Waals surface area contributed by atoms with Crippen LogP contribution >= 0.6 is 36.4 Å². The molecule has 0 aliphatic carbocycles. The molecule has 3 aromatic rings. The monoisotopic (exact) mass is 567 g/mol. The van der Waals surface area contributed by atoms with E-state index >= 15 is 0 Å². The number of nitrogens with one attached hydrogen (secondary N) is 2. The first kappa shape index (κ1) is 29.6. The van der Waals surface area contributed by atoms with Crippen molar-refractivity contribution < 1.29 is 9.90 Å². The molecule has 202 valence electrons. The average Bonchev–Trinajstić information content (AvgIpc) is 3.44. The van der Waals surface area contributed by atoms with E-state index in [4.69, 9.17) is 16.7 Å². The van der Waals surface area contributed by atoms with Crippen molar-refractivity contribution in [1.29, 1.82) is 0 Å². The molecule has 10 heteroatoms. The quantitative estimate of drug-likeness (QED) is 0.391. The number of aromatic amines is 1. The molecule has 1 amide bonds. The fourth-order valence-electron chi connectivity index (χ4n) is 5.12. The van der Waals surface area contributed by atoms with Crippen LogP contribution in [0.15, 0.2) is 30.3 Å². The Bertz CT molecular complexity index is 1250. The Morgan fingerprint density at radius 3 is 2.46 bits per heavy atom. The second-order valence-corrected chi connectivity index (χ2v) is 10.3. The highest BCUT2D eigenvalue weighted by atomic mass is 35.5. The van der Waals surface area contributed by atoms with Crippen LogP contribution in [0, 0.1) is 0 Å². The van der Waals surface area contributed by atoms with Gasteiger partial charge in [0, 0.05) is 86.6 Å². The number of nitrogens with zero attached hydrogens (tertiary/aromatic N) is 3. The van der Waals surface area contributed by atoms with Crippen LogP contribution in [0.3, 0.4) is 0 Å². The van der Waals surface area contributed by atoms with Crippen LogP contribution < -0.4 is 10.2 Å². The number of halogens is 3. The third kappa shape index (κ3) is 5.87. The van der Waals surface area contributed by atoms with Crippen LogP contribution in [-0.4, -0.2) is 78.2 Å². The highest BCUT2D eigenvalue weighted by Gasteiger charge is 2.29. The number of hydrogen-bond donors (Lipinski definition) is 3. The maximum Gasteiger partial charge on any atom is 0.252 e. The predicted molar refractivity (Wildman–Crippen MR) is 157 cm³/mol. The average molecular weight is 569 g/mol. The molecule has 0 unspecified atom stereocenters. The molecule has 5 rings (SSSR count). The minimum absolute atomic E-state index is 0. The molecule has 0 atom stereocenters. The molecule has 2 aromatic carbocycles. The number of hydrogen-bond acceptors (Lipinski definition) is 5. The minimum Gasteiger partial charge on any atom is -0.395 e. The van der Waals surface area contributed by atoms with E-state index in [0.29, 0.717) is 17.1 Å². The number of aliphatic hydroxyl groups excluding tert-OH is 1. The number of carbonyl (C=O) groups is 1. The van der Waals surface area contributed by atoms with Gasteiger partial charge in [0.05, 0.1) is 22.9 Å². The van der Waals surface area contributed by atoms with Crippen LogP contribution in [0.4, 0.5) is 5.69 Å². The molecule has 0 saturated carbocycles. The van der Waals surface area contributed by atoms with E-state index in [-0.39, 0.29) is 43.4 Å². The molecule has 1 fully saturated rings. The van der Waals surface area contributed by atoms with Crippen LogP contribution in [0.2, 0.25) is 5.02 Å². The molecule has 1 saturated heterocycles. The Hall–Kier alpha value is -2.00. The Morgan fingerprint density at radius 2 is 1.78 bits per heavy atom. The number of aliphatic hydroxyl groups is 1. The number of rotatable bonds is 7. The first-order chi connectivity index (χ1) is 16.9. The smallest absolute Gasteiger partial charge is 0.252 e. The second-order valence-electron chi connectivity index (χ2n) is 9.94. The highest BCUT2D eigenvalue weighted by Crippen LogP contribution is 2.41. The summed E-state index contributed by atoms with van der Waals surface area (Å²) in [6.45, 7) is 10.6. The number of H-pyrrole nitrogens is 1. The fraction of sp³-hybridized carbons (Fsp3) is 0.444. The summed E-state index contributed by atoms with van der Waals surface area (Å²) in [5.74, 6) is -0.0738. The maximum atomic E-state index is 12.8. The molecule has 7 nitrogen and oxygen atoms in total. The van der Waals surface area contributed by atoms with E-state index in [9.17, 15) is 4.79 Å². The van der Waals surface area contributed by atoms with Gasteiger partial charge in [-0.1, -0.05) is 17.7 Å². The molecule has 37 heavy (non-hydrogen) atoms. The molecule has 2 aliphatic rings. The number of amides is 1. The van der Waals surface area contributed by atoms with Gasteiger partial charge in [-0.05, 0) is 43.7 Å². The van der Waals surface area contributed by atoms with Crippen LogP contribution in [0.25, 0.3) is 22.2 Å². The third-order valence-electron chi connectivity index (χ3n) is 7.41. The van der Waals surface area contributed by atoms with Crippen molar-refractivity contribution in [2.45, 2.75) is 33.0 Å². The van der Waals surface area contributed by atoms with E-state index in [1.165, 1.54) is 5.56 Å². The standard InChI is InChI=1S/C27H34ClN5O2.2ClH/c1-17(2)31(3)24-14-20(25-21(26(24)28)15-29-27(25)35)23-13-19-12-18(4-5-22(19)30-23)16-33-8-6-32(7-9-33)10-11-34;;/h4-5,12-14,17,30,34H,6-11,15-16H2,1-3H3,(H,29,35);2*1H. The summed E-state index contributed by atoms with van der Waals surface area (Å²) in [7, 11) is 2.04. The fourth-order valence-corrected chi connectivity index (χ4v) is 5.47. The van der Waals surface area contributed by atoms with Gasteiger partial charge in [0.1, 0.15) is 0 Å². The normalized spacial score (nSPS) is 15.9. The number of aromatic nitrogens is 1. The SMILES string of the molecule is CC(C)N(C)c1cc(-c2cc3cc(CN4CCN(CCO)CC4)ccc3[nH]2)c2c(c1Cl)CNC2=O.Cl.Cl. The van der Waals surface area contributed by atoms with Crippen molar-refractivity contribution in [1.82, 2.24) is 20.1 Å². The lowest BCUT2D eigenvalue weighted by Crippen LogP contribution is -2.46. The zero-order chi connectivity index (χ0) is 24.7. The van der Waals surface area contributed by atoms with Gasteiger partial charge in [0.2, 0.25) is 0 Å². The van der Waals surface area contributed by atoms with E-state index in [0.717, 1.165) is 72.7 Å². The van der Waals surface area contributed by atoms with E-state index in [1.54, 1.807) is 0 Å². The minimum atomic E-state index is -0.0738. The van der Waals surface area contributed by atoms with Crippen LogP contribution in [0.1, 0.15) is 35.3 Å². The van der Waals surface area contributed by atoms with Crippen molar-refractivity contribution >= 4 is 58.9 Å². The third-order valence-corrected chi connectivity index (χ3v) is 7.83. The number of anilines is 1. The van der Waals surface area contributed by atoms with Crippen molar-refractivity contribution in [3.05, 3.63) is 52.0 Å². The van der Waals surface area contributed by atoms with Crippen LogP contribution in [-0.2, 0) is 13.1 Å². The lowest BCUT2D eigenvalue weighted by molar-refractivity contribution is 0.0966. The van der Waals surface area contributed by atoms with Gasteiger partial charge in [-0.3, -0.25) is 14.6 Å². The molecule has 3 N–H and O–H groups in total. The molecular weight excluding hydrogens is 533 g/mol. The summed E-state index contributed by atoms with van der Waals surface area (Å²) in [4.78, 5) is 23.2. The molecule has 0 radical (unpaired) electrons. The molecule has 1 aromatic heterocycles. The summed E-state index contributed by atoms with van der Waals surface area (Å²) >= 11 is 6.77. The zero-order valence-corrected chi connectivity index (χ0v) is 23.9. The second kappa shape index (κ2) is 12.2. The summed E-state index contributed by atoms with van der Waals surface area (Å²) in [6, 6.07) is 11.0. The molecular formula is C27H36Cl3N5O2. The first-order valence-corrected chi connectivity index (χ1v) is 12.8. The van der Waals surface area contributed by atoms with E-state index in [2.05, 4.69) is 63.1 Å². The van der Waals surface area contributed by atoms with Crippen LogP contribution in [0.5, 0.6) is 0 Å². The van der Waals surface area contributed by atoms with Gasteiger partial charge in [0.25, 0.3) is 5.91 Å². The Kier molecular flexibility index (Phi) is 9.78. The number of fused-ring (bicyclic) bond motifs is 2. The van der Waals surface area contributed by atoms with E-state index in [1.807, 2.05) is 13.1 Å². The van der Waals surface area contributed by atoms with E-state index < -0.39 is 0 Å². The van der Waals surface area contributed by atoms with Gasteiger partial charge in [-0.15, -0.1) is 24.8 Å². The van der Waals surface area contributed by atoms with Crippen molar-refractivity contribution in [3.63, 3.8) is 0 Å². The van der Waals surface area contributed by atoms with Gasteiger partial charge in [-0.25, -0.2) is 0 Å². The van der Waals surface area contributed by atoms with Gasteiger partial charge >= 0.3 is 0 Å².